The van der Waals surface area contributed by atoms with Crippen LogP contribution in [0.15, 0.2) is 40.3 Å². The molecular weight excluding hydrogens is 318 g/mol. The molecule has 0 saturated heterocycles. The Morgan fingerprint density at radius 1 is 1.17 bits per heavy atom. The second-order valence-electron chi connectivity index (χ2n) is 6.50. The number of hydrogen-bond donors (Lipinski definition) is 0. The average Bonchev–Trinajstić information content (AvgIpc) is 3.14. The zero-order valence-corrected chi connectivity index (χ0v) is 14.1. The van der Waals surface area contributed by atoms with Crippen LogP contribution in [-0.4, -0.2) is 29.0 Å². The van der Waals surface area contributed by atoms with Gasteiger partial charge in [-0.3, -0.25) is 14.7 Å². The van der Waals surface area contributed by atoms with Crippen LogP contribution >= 0.6 is 11.3 Å². The summed E-state index contributed by atoms with van der Waals surface area (Å²) in [5.74, 6) is 0.865. The highest BCUT2D eigenvalue weighted by atomic mass is 32.1. The lowest BCUT2D eigenvalue weighted by Gasteiger charge is -2.19. The number of aliphatic imine (C=N–C) groups is 2. The smallest absolute Gasteiger partial charge is 0.258 e. The molecule has 2 aromatic rings. The Bertz CT molecular complexity index is 882. The fourth-order valence-corrected chi connectivity index (χ4v) is 5.00. The maximum atomic E-state index is 12.8. The highest BCUT2D eigenvalue weighted by Gasteiger charge is 2.39. The average molecular weight is 335 g/mol. The fraction of sp³-hybridized carbons (Fsp3) is 0.316. The number of rotatable bonds is 2. The Kier molecular flexibility index (Phi) is 3.16. The number of thiophene rings is 1. The first-order valence-electron chi connectivity index (χ1n) is 8.45. The summed E-state index contributed by atoms with van der Waals surface area (Å²) in [7, 11) is 0. The first kappa shape index (κ1) is 14.1. The van der Waals surface area contributed by atoms with Crippen LogP contribution in [0.25, 0.3) is 0 Å². The van der Waals surface area contributed by atoms with Crippen LogP contribution in [0.4, 0.5) is 5.00 Å². The van der Waals surface area contributed by atoms with Gasteiger partial charge < -0.3 is 0 Å². The van der Waals surface area contributed by atoms with Gasteiger partial charge in [0, 0.05) is 11.3 Å². The summed E-state index contributed by atoms with van der Waals surface area (Å²) in [6, 6.07) is 9.77. The molecule has 1 atom stereocenters. The monoisotopic (exact) mass is 335 g/mol. The maximum absolute atomic E-state index is 12.8. The van der Waals surface area contributed by atoms with E-state index in [1.165, 1.54) is 23.3 Å². The largest absolute Gasteiger partial charge is 0.272 e. The van der Waals surface area contributed by atoms with Crippen molar-refractivity contribution in [1.29, 1.82) is 0 Å². The van der Waals surface area contributed by atoms with Crippen LogP contribution in [0.2, 0.25) is 0 Å². The van der Waals surface area contributed by atoms with Crippen molar-refractivity contribution in [2.75, 3.05) is 0 Å². The van der Waals surface area contributed by atoms with E-state index in [2.05, 4.69) is 17.1 Å². The van der Waals surface area contributed by atoms with E-state index in [0.29, 0.717) is 6.42 Å². The minimum atomic E-state index is -0.334. The van der Waals surface area contributed by atoms with Gasteiger partial charge in [0.1, 0.15) is 23.2 Å². The molecule has 120 valence electrons. The van der Waals surface area contributed by atoms with Crippen LogP contribution in [-0.2, 0) is 24.1 Å². The molecule has 1 unspecified atom stereocenters. The van der Waals surface area contributed by atoms with E-state index in [0.717, 1.165) is 34.8 Å². The van der Waals surface area contributed by atoms with Crippen LogP contribution in [0.3, 0.4) is 0 Å². The molecule has 24 heavy (non-hydrogen) atoms. The van der Waals surface area contributed by atoms with Gasteiger partial charge in [0.25, 0.3) is 5.91 Å². The molecule has 0 fully saturated rings. The third-order valence-corrected chi connectivity index (χ3v) is 6.17. The molecule has 3 aliphatic rings. The third-order valence-electron chi connectivity index (χ3n) is 4.97. The Morgan fingerprint density at radius 2 is 2.00 bits per heavy atom. The fourth-order valence-electron chi connectivity index (χ4n) is 3.78. The molecule has 1 aromatic heterocycles. The van der Waals surface area contributed by atoms with Gasteiger partial charge in [-0.1, -0.05) is 30.3 Å². The van der Waals surface area contributed by atoms with Crippen molar-refractivity contribution in [3.8, 4) is 0 Å². The van der Waals surface area contributed by atoms with Crippen molar-refractivity contribution in [2.24, 2.45) is 9.98 Å². The molecule has 1 aromatic carbocycles. The van der Waals surface area contributed by atoms with Crippen LogP contribution < -0.4 is 0 Å². The van der Waals surface area contributed by atoms with Crippen molar-refractivity contribution >= 4 is 34.4 Å². The van der Waals surface area contributed by atoms with Crippen LogP contribution in [0, 0.1) is 0 Å². The highest BCUT2D eigenvalue weighted by molar-refractivity contribution is 7.16. The molecule has 5 heteroatoms. The second-order valence-corrected chi connectivity index (χ2v) is 7.59. The SMILES string of the molecule is O=C1C(Cc2ccccc2)N=C2c3c(sc4c3CCCC4)N=CN12. The third kappa shape index (κ3) is 2.08. The van der Waals surface area contributed by atoms with E-state index >= 15 is 0 Å². The molecular formula is C19H17N3OS. The van der Waals surface area contributed by atoms with Crippen molar-refractivity contribution in [2.45, 2.75) is 38.1 Å². The zero-order valence-electron chi connectivity index (χ0n) is 13.2. The summed E-state index contributed by atoms with van der Waals surface area (Å²) in [5, 5.41) is 1.03. The van der Waals surface area contributed by atoms with Crippen LogP contribution in [0.5, 0.6) is 0 Å². The molecule has 1 aliphatic carbocycles. The Balaban J connectivity index is 1.55. The number of nitrogens with zero attached hydrogens (tertiary/aromatic N) is 3. The van der Waals surface area contributed by atoms with Gasteiger partial charge >= 0.3 is 0 Å². The highest BCUT2D eigenvalue weighted by Crippen LogP contribution is 2.43. The molecule has 0 spiro atoms. The van der Waals surface area contributed by atoms with Gasteiger partial charge in [-0.2, -0.15) is 0 Å². The van der Waals surface area contributed by atoms with Crippen molar-refractivity contribution in [3.05, 3.63) is 51.9 Å². The van der Waals surface area contributed by atoms with Gasteiger partial charge in [-0.15, -0.1) is 11.3 Å². The topological polar surface area (TPSA) is 45.0 Å². The maximum Gasteiger partial charge on any atom is 0.258 e. The second kappa shape index (κ2) is 5.38. The van der Waals surface area contributed by atoms with Gasteiger partial charge in [0.2, 0.25) is 0 Å². The van der Waals surface area contributed by atoms with Gasteiger partial charge in [0.05, 0.1) is 5.56 Å². The quantitative estimate of drug-likeness (QED) is 0.828. The molecule has 5 rings (SSSR count). The summed E-state index contributed by atoms with van der Waals surface area (Å²) in [6.45, 7) is 0. The molecule has 0 N–H and O–H groups in total. The van der Waals surface area contributed by atoms with Gasteiger partial charge in [-0.05, 0) is 36.8 Å². The van der Waals surface area contributed by atoms with Crippen LogP contribution in [0.1, 0.15) is 34.4 Å². The van der Waals surface area contributed by atoms with E-state index in [9.17, 15) is 4.79 Å². The molecule has 2 aliphatic heterocycles. The zero-order chi connectivity index (χ0) is 16.1. The van der Waals surface area contributed by atoms with Crippen molar-refractivity contribution < 1.29 is 4.79 Å². The molecule has 0 bridgehead atoms. The first-order valence-corrected chi connectivity index (χ1v) is 9.27. The summed E-state index contributed by atoms with van der Waals surface area (Å²) in [6.07, 6.45) is 7.00. The predicted molar refractivity (Wildman–Crippen MR) is 96.4 cm³/mol. The first-order chi connectivity index (χ1) is 11.8. The lowest BCUT2D eigenvalue weighted by atomic mass is 9.94. The molecule has 4 nitrogen and oxygen atoms in total. The van der Waals surface area contributed by atoms with Crippen molar-refractivity contribution in [3.63, 3.8) is 0 Å². The summed E-state index contributed by atoms with van der Waals surface area (Å²) in [4.78, 5) is 25.2. The van der Waals surface area contributed by atoms with Gasteiger partial charge in [-0.25, -0.2) is 4.99 Å². The predicted octanol–water partition coefficient (Wildman–Crippen LogP) is 3.50. The normalized spacial score (nSPS) is 21.3. The number of fused-ring (bicyclic) bond motifs is 5. The number of amidine groups is 1. The van der Waals surface area contributed by atoms with E-state index < -0.39 is 0 Å². The number of benzene rings is 1. The summed E-state index contributed by atoms with van der Waals surface area (Å²) >= 11 is 1.78. The summed E-state index contributed by atoms with van der Waals surface area (Å²) in [5.41, 5.74) is 3.65. The number of carbonyl (C=O) groups excluding carboxylic acids is 1. The van der Waals surface area contributed by atoms with Crippen molar-refractivity contribution in [1.82, 2.24) is 4.90 Å². The molecule has 1 amide bonds. The van der Waals surface area contributed by atoms with E-state index in [1.54, 1.807) is 22.6 Å². The Morgan fingerprint density at radius 3 is 2.88 bits per heavy atom. The van der Waals surface area contributed by atoms with E-state index in [-0.39, 0.29) is 11.9 Å². The Labute approximate surface area is 144 Å². The van der Waals surface area contributed by atoms with Gasteiger partial charge in [0.15, 0.2) is 0 Å². The minimum Gasteiger partial charge on any atom is -0.272 e. The number of hydrogen-bond acceptors (Lipinski definition) is 4. The lowest BCUT2D eigenvalue weighted by molar-refractivity contribution is -0.124. The number of aryl methyl sites for hydroxylation is 1. The minimum absolute atomic E-state index is 0.0408. The molecule has 3 heterocycles. The Hall–Kier alpha value is -2.27. The van der Waals surface area contributed by atoms with E-state index in [1.807, 2.05) is 18.2 Å². The van der Waals surface area contributed by atoms with E-state index in [4.69, 9.17) is 4.99 Å². The lowest BCUT2D eigenvalue weighted by Crippen LogP contribution is -2.36. The standard InChI is InChI=1S/C19H17N3OS/c23-19-14(10-12-6-2-1-3-7-12)21-17-16-13-8-4-5-9-15(13)24-18(16)20-11-22(17)19/h1-3,6-7,11,14H,4-5,8-10H2. The molecule has 0 radical (unpaired) electrons. The number of amides is 1. The molecule has 0 saturated carbocycles. The summed E-state index contributed by atoms with van der Waals surface area (Å²) < 4.78 is 0. The number of carbonyl (C=O) groups is 1.